The number of amides is 1. The van der Waals surface area contributed by atoms with Crippen LogP contribution in [0.15, 0.2) is 0 Å². The first-order chi connectivity index (χ1) is 9.98. The van der Waals surface area contributed by atoms with Gasteiger partial charge in [0.15, 0.2) is 0 Å². The summed E-state index contributed by atoms with van der Waals surface area (Å²) in [6.45, 7) is 8.22. The fourth-order valence-corrected chi connectivity index (χ4v) is 4.57. The summed E-state index contributed by atoms with van der Waals surface area (Å²) in [5, 5.41) is 3.30. The minimum atomic E-state index is -0.588. The largest absolute Gasteiger partial charge is 0.368 e. The van der Waals surface area contributed by atoms with E-state index in [4.69, 9.17) is 5.73 Å². The fraction of sp³-hybridized carbons (Fsp3) is 0.941. The van der Waals surface area contributed by atoms with Gasteiger partial charge in [-0.05, 0) is 65.0 Å². The number of likely N-dealkylation sites (N-methyl/N-ethyl adjacent to an activating group) is 1. The normalized spacial score (nSPS) is 31.2. The van der Waals surface area contributed by atoms with E-state index in [1.54, 1.807) is 0 Å². The van der Waals surface area contributed by atoms with Crippen molar-refractivity contribution in [1.82, 2.24) is 10.2 Å². The van der Waals surface area contributed by atoms with Crippen LogP contribution in [0.25, 0.3) is 0 Å². The Morgan fingerprint density at radius 1 is 1.33 bits per heavy atom. The van der Waals surface area contributed by atoms with E-state index in [9.17, 15) is 4.79 Å². The summed E-state index contributed by atoms with van der Waals surface area (Å²) in [4.78, 5) is 14.5. The first-order valence-electron chi connectivity index (χ1n) is 8.78. The smallest absolute Gasteiger partial charge is 0.237 e. The number of carbonyl (C=O) groups is 1. The maximum Gasteiger partial charge on any atom is 0.237 e. The highest BCUT2D eigenvalue weighted by molar-refractivity contribution is 5.84. The molecule has 0 aromatic heterocycles. The molecule has 21 heavy (non-hydrogen) atoms. The maximum absolute atomic E-state index is 11.9. The third kappa shape index (κ3) is 3.78. The average molecular weight is 295 g/mol. The molecule has 0 aromatic carbocycles. The first kappa shape index (κ1) is 16.8. The van der Waals surface area contributed by atoms with Crippen LogP contribution < -0.4 is 11.1 Å². The molecule has 2 aliphatic rings. The zero-order valence-corrected chi connectivity index (χ0v) is 14.0. The van der Waals surface area contributed by atoms with Crippen LogP contribution in [0.1, 0.15) is 65.7 Å². The lowest BCUT2D eigenvalue weighted by Gasteiger charge is -2.48. The van der Waals surface area contributed by atoms with Gasteiger partial charge in [0.05, 0.1) is 5.54 Å². The minimum Gasteiger partial charge on any atom is -0.368 e. The predicted octanol–water partition coefficient (Wildman–Crippen LogP) is 2.27. The number of hydrogen-bond donors (Lipinski definition) is 2. The van der Waals surface area contributed by atoms with Crippen molar-refractivity contribution in [3.05, 3.63) is 0 Å². The Balaban J connectivity index is 2.03. The Labute approximate surface area is 129 Å². The fourth-order valence-electron chi connectivity index (χ4n) is 4.57. The minimum absolute atomic E-state index is 0.228. The molecule has 1 heterocycles. The summed E-state index contributed by atoms with van der Waals surface area (Å²) in [5.74, 6) is 0.655. The number of piperidine rings is 1. The van der Waals surface area contributed by atoms with Crippen molar-refractivity contribution < 1.29 is 4.79 Å². The van der Waals surface area contributed by atoms with Crippen molar-refractivity contribution in [2.45, 2.75) is 83.3 Å². The van der Waals surface area contributed by atoms with Crippen LogP contribution in [-0.4, -0.2) is 41.5 Å². The zero-order valence-electron chi connectivity index (χ0n) is 14.0. The van der Waals surface area contributed by atoms with E-state index in [1.807, 2.05) is 13.8 Å². The van der Waals surface area contributed by atoms with Crippen molar-refractivity contribution >= 4 is 5.91 Å². The summed E-state index contributed by atoms with van der Waals surface area (Å²) >= 11 is 0. The molecule has 1 aliphatic heterocycles. The summed E-state index contributed by atoms with van der Waals surface area (Å²) < 4.78 is 0. The molecule has 2 rings (SSSR count). The molecule has 0 radical (unpaired) electrons. The number of nitrogens with one attached hydrogen (secondary N) is 1. The van der Waals surface area contributed by atoms with Crippen molar-refractivity contribution in [1.29, 1.82) is 0 Å². The molecular weight excluding hydrogens is 262 g/mol. The van der Waals surface area contributed by atoms with Gasteiger partial charge in [-0.15, -0.1) is 0 Å². The van der Waals surface area contributed by atoms with Gasteiger partial charge in [0.2, 0.25) is 5.91 Å². The van der Waals surface area contributed by atoms with E-state index >= 15 is 0 Å². The molecule has 1 amide bonds. The molecule has 0 bridgehead atoms. The number of hydrogen-bond acceptors (Lipinski definition) is 3. The third-order valence-electron chi connectivity index (χ3n) is 5.67. The molecule has 1 saturated heterocycles. The molecule has 0 spiro atoms. The molecule has 4 heteroatoms. The first-order valence-corrected chi connectivity index (χ1v) is 8.78. The lowest BCUT2D eigenvalue weighted by Crippen LogP contribution is -2.58. The summed E-state index contributed by atoms with van der Waals surface area (Å²) in [6.07, 6.45) is 9.01. The standard InChI is InChI=1S/C17H33N3O/c1-4-19-17(3,16(18)21)12-13(2)20-11-7-9-14-8-5-6-10-15(14)20/h13-15,19H,4-12H2,1-3H3,(H2,18,21)/t13?,14-,15-,17?/m1/s1. The molecular formula is C17H33N3O. The Hall–Kier alpha value is -0.610. The van der Waals surface area contributed by atoms with Gasteiger partial charge in [0, 0.05) is 12.1 Å². The monoisotopic (exact) mass is 295 g/mol. The Kier molecular flexibility index (Phi) is 5.67. The van der Waals surface area contributed by atoms with E-state index < -0.39 is 5.54 Å². The van der Waals surface area contributed by atoms with Crippen LogP contribution in [0.5, 0.6) is 0 Å². The maximum atomic E-state index is 11.9. The average Bonchev–Trinajstić information content (AvgIpc) is 2.46. The van der Waals surface area contributed by atoms with Crippen LogP contribution in [0.4, 0.5) is 0 Å². The van der Waals surface area contributed by atoms with Crippen LogP contribution in [0.3, 0.4) is 0 Å². The third-order valence-corrected chi connectivity index (χ3v) is 5.67. The highest BCUT2D eigenvalue weighted by Gasteiger charge is 2.39. The summed E-state index contributed by atoms with van der Waals surface area (Å²) in [5.41, 5.74) is 5.06. The second-order valence-electron chi connectivity index (χ2n) is 7.27. The molecule has 1 aliphatic carbocycles. The Bertz CT molecular complexity index is 358. The molecule has 3 N–H and O–H groups in total. The molecule has 4 atom stereocenters. The van der Waals surface area contributed by atoms with Gasteiger partial charge < -0.3 is 11.1 Å². The molecule has 1 saturated carbocycles. The second kappa shape index (κ2) is 7.10. The second-order valence-corrected chi connectivity index (χ2v) is 7.27. The summed E-state index contributed by atoms with van der Waals surface area (Å²) in [6, 6.07) is 1.15. The number of carbonyl (C=O) groups excluding carboxylic acids is 1. The lowest BCUT2D eigenvalue weighted by atomic mass is 9.77. The van der Waals surface area contributed by atoms with Crippen molar-refractivity contribution in [3.8, 4) is 0 Å². The van der Waals surface area contributed by atoms with Gasteiger partial charge in [-0.2, -0.15) is 0 Å². The summed E-state index contributed by atoms with van der Waals surface area (Å²) in [7, 11) is 0. The SMILES string of the molecule is CCNC(C)(CC(C)N1CCC[C@H]2CCCC[C@H]21)C(N)=O. The highest BCUT2D eigenvalue weighted by atomic mass is 16.1. The number of primary amides is 1. The van der Waals surface area contributed by atoms with Crippen LogP contribution >= 0.6 is 0 Å². The molecule has 4 nitrogen and oxygen atoms in total. The number of fused-ring (bicyclic) bond motifs is 1. The van der Waals surface area contributed by atoms with Gasteiger partial charge in [0.25, 0.3) is 0 Å². The Morgan fingerprint density at radius 3 is 2.67 bits per heavy atom. The van der Waals surface area contributed by atoms with E-state index in [0.29, 0.717) is 6.04 Å². The van der Waals surface area contributed by atoms with Gasteiger partial charge in [-0.3, -0.25) is 9.69 Å². The van der Waals surface area contributed by atoms with Gasteiger partial charge in [-0.25, -0.2) is 0 Å². The van der Waals surface area contributed by atoms with Gasteiger partial charge >= 0.3 is 0 Å². The number of rotatable bonds is 6. The van der Waals surface area contributed by atoms with E-state index in [0.717, 1.165) is 24.9 Å². The van der Waals surface area contributed by atoms with E-state index in [2.05, 4.69) is 17.1 Å². The van der Waals surface area contributed by atoms with Crippen LogP contribution in [-0.2, 0) is 4.79 Å². The quantitative estimate of drug-likeness (QED) is 0.790. The van der Waals surface area contributed by atoms with E-state index in [1.165, 1.54) is 45.1 Å². The van der Waals surface area contributed by atoms with E-state index in [-0.39, 0.29) is 5.91 Å². The van der Waals surface area contributed by atoms with Crippen molar-refractivity contribution in [3.63, 3.8) is 0 Å². The van der Waals surface area contributed by atoms with Crippen molar-refractivity contribution in [2.24, 2.45) is 11.7 Å². The number of nitrogens with two attached hydrogens (primary N) is 1. The van der Waals surface area contributed by atoms with Gasteiger partial charge in [-0.1, -0.05) is 19.8 Å². The molecule has 122 valence electrons. The number of nitrogens with zero attached hydrogens (tertiary/aromatic N) is 1. The van der Waals surface area contributed by atoms with Crippen LogP contribution in [0.2, 0.25) is 0 Å². The number of likely N-dealkylation sites (tertiary alicyclic amines) is 1. The topological polar surface area (TPSA) is 58.4 Å². The van der Waals surface area contributed by atoms with Gasteiger partial charge in [0.1, 0.15) is 0 Å². The van der Waals surface area contributed by atoms with Crippen molar-refractivity contribution in [2.75, 3.05) is 13.1 Å². The molecule has 2 unspecified atom stereocenters. The molecule has 0 aromatic rings. The zero-order chi connectivity index (χ0) is 15.5. The molecule has 2 fully saturated rings. The highest BCUT2D eigenvalue weighted by Crippen LogP contribution is 2.37. The lowest BCUT2D eigenvalue weighted by molar-refractivity contribution is -0.125. The Morgan fingerprint density at radius 2 is 2.00 bits per heavy atom. The van der Waals surface area contributed by atoms with Crippen LogP contribution in [0, 0.1) is 5.92 Å². The predicted molar refractivity (Wildman–Crippen MR) is 87.0 cm³/mol.